The van der Waals surface area contributed by atoms with Crippen molar-refractivity contribution in [1.29, 1.82) is 0 Å². The van der Waals surface area contributed by atoms with Crippen LogP contribution in [0.3, 0.4) is 0 Å². The molecule has 0 atom stereocenters. The van der Waals surface area contributed by atoms with Gasteiger partial charge in [-0.15, -0.1) is 11.6 Å². The van der Waals surface area contributed by atoms with E-state index in [-0.39, 0.29) is 17.1 Å². The van der Waals surface area contributed by atoms with Crippen LogP contribution in [0.25, 0.3) is 27.8 Å². The molecule has 11 heteroatoms. The number of imidazole rings is 1. The molecule has 39 heavy (non-hydrogen) atoms. The highest BCUT2D eigenvalue weighted by atomic mass is 35.5. The quantitative estimate of drug-likeness (QED) is 0.166. The van der Waals surface area contributed by atoms with Crippen molar-refractivity contribution in [3.05, 3.63) is 89.5 Å². The SMILES string of the molecule is COc1nc2c(cc1-c1cccn3c(C(=O)c4cc(F)c(NC(=O)/C=C/CCl)c(F)c4)ccc13)nc(C)n2C. The average molecular weight is 550 g/mol. The molecule has 8 nitrogen and oxygen atoms in total. The number of anilines is 1. The van der Waals surface area contributed by atoms with Gasteiger partial charge in [-0.05, 0) is 43.3 Å². The lowest BCUT2D eigenvalue weighted by Crippen LogP contribution is -2.13. The van der Waals surface area contributed by atoms with Crippen molar-refractivity contribution in [3.63, 3.8) is 0 Å². The molecule has 1 amide bonds. The number of amides is 1. The van der Waals surface area contributed by atoms with E-state index < -0.39 is 29.0 Å². The third-order valence-electron chi connectivity index (χ3n) is 6.35. The predicted molar refractivity (Wildman–Crippen MR) is 144 cm³/mol. The molecule has 4 heterocycles. The molecule has 0 bridgehead atoms. The number of fused-ring (bicyclic) bond motifs is 2. The number of carbonyl (C=O) groups excluding carboxylic acids is 2. The number of pyridine rings is 2. The highest BCUT2D eigenvalue weighted by Crippen LogP contribution is 2.35. The number of alkyl halides is 1. The first-order valence-electron chi connectivity index (χ1n) is 11.8. The number of benzene rings is 1. The monoisotopic (exact) mass is 549 g/mol. The average Bonchev–Trinajstić information content (AvgIpc) is 3.48. The maximum atomic E-state index is 14.7. The Labute approximate surface area is 226 Å². The normalized spacial score (nSPS) is 11.5. The fraction of sp³-hybridized carbons (Fsp3) is 0.143. The number of methoxy groups -OCH3 is 1. The van der Waals surface area contributed by atoms with Crippen molar-refractivity contribution in [2.24, 2.45) is 7.05 Å². The third kappa shape index (κ3) is 4.63. The summed E-state index contributed by atoms with van der Waals surface area (Å²) in [5.74, 6) is -2.27. The number of nitrogens with one attached hydrogen (secondary N) is 1. The first-order chi connectivity index (χ1) is 18.7. The van der Waals surface area contributed by atoms with E-state index in [1.807, 2.05) is 30.7 Å². The van der Waals surface area contributed by atoms with Crippen molar-refractivity contribution >= 4 is 45.7 Å². The first-order valence-corrected chi connectivity index (χ1v) is 12.3. The van der Waals surface area contributed by atoms with Gasteiger partial charge in [0.25, 0.3) is 0 Å². The van der Waals surface area contributed by atoms with Crippen molar-refractivity contribution in [2.45, 2.75) is 6.92 Å². The Hall–Kier alpha value is -4.57. The van der Waals surface area contributed by atoms with E-state index in [4.69, 9.17) is 16.3 Å². The molecule has 0 fully saturated rings. The van der Waals surface area contributed by atoms with Crippen molar-refractivity contribution < 1.29 is 23.1 Å². The summed E-state index contributed by atoms with van der Waals surface area (Å²) in [5.41, 5.74) is 2.74. The van der Waals surface area contributed by atoms with E-state index in [0.29, 0.717) is 28.1 Å². The summed E-state index contributed by atoms with van der Waals surface area (Å²) in [7, 11) is 3.39. The van der Waals surface area contributed by atoms with Gasteiger partial charge in [-0.3, -0.25) is 9.59 Å². The van der Waals surface area contributed by atoms with Gasteiger partial charge in [0.2, 0.25) is 17.6 Å². The van der Waals surface area contributed by atoms with Crippen LogP contribution in [0.4, 0.5) is 14.5 Å². The number of carbonyl (C=O) groups is 2. The molecule has 5 rings (SSSR count). The van der Waals surface area contributed by atoms with Gasteiger partial charge < -0.3 is 19.0 Å². The smallest absolute Gasteiger partial charge is 0.248 e. The Morgan fingerprint density at radius 2 is 1.85 bits per heavy atom. The summed E-state index contributed by atoms with van der Waals surface area (Å²) in [4.78, 5) is 34.4. The van der Waals surface area contributed by atoms with Crippen molar-refractivity contribution in [2.75, 3.05) is 18.3 Å². The van der Waals surface area contributed by atoms with Gasteiger partial charge in [0, 0.05) is 41.9 Å². The van der Waals surface area contributed by atoms with E-state index in [9.17, 15) is 18.4 Å². The molecule has 0 aliphatic heterocycles. The summed E-state index contributed by atoms with van der Waals surface area (Å²) in [6.45, 7) is 1.88. The summed E-state index contributed by atoms with van der Waals surface area (Å²) >= 11 is 5.48. The molecule has 0 radical (unpaired) electrons. The highest BCUT2D eigenvalue weighted by Gasteiger charge is 2.22. The van der Waals surface area contributed by atoms with Gasteiger partial charge in [0.1, 0.15) is 28.7 Å². The van der Waals surface area contributed by atoms with Crippen LogP contribution >= 0.6 is 11.6 Å². The minimum Gasteiger partial charge on any atom is -0.480 e. The lowest BCUT2D eigenvalue weighted by atomic mass is 10.1. The zero-order valence-corrected chi connectivity index (χ0v) is 21.9. The van der Waals surface area contributed by atoms with Gasteiger partial charge in [-0.2, -0.15) is 4.98 Å². The molecule has 1 N–H and O–H groups in total. The van der Waals surface area contributed by atoms with E-state index in [1.54, 1.807) is 28.8 Å². The Morgan fingerprint density at radius 1 is 1.10 bits per heavy atom. The van der Waals surface area contributed by atoms with E-state index >= 15 is 0 Å². The Balaban J connectivity index is 1.55. The number of ether oxygens (including phenoxy) is 1. The number of hydrogen-bond donors (Lipinski definition) is 1. The zero-order chi connectivity index (χ0) is 27.8. The fourth-order valence-corrected chi connectivity index (χ4v) is 4.49. The molecule has 1 aromatic carbocycles. The van der Waals surface area contributed by atoms with Crippen LogP contribution in [-0.2, 0) is 11.8 Å². The molecular formula is C28H22ClF2N5O3. The number of aryl methyl sites for hydroxylation is 2. The fourth-order valence-electron chi connectivity index (χ4n) is 4.40. The molecule has 0 spiro atoms. The van der Waals surface area contributed by atoms with Crippen molar-refractivity contribution in [1.82, 2.24) is 18.9 Å². The van der Waals surface area contributed by atoms with Gasteiger partial charge in [0.05, 0.1) is 18.3 Å². The third-order valence-corrected chi connectivity index (χ3v) is 6.53. The lowest BCUT2D eigenvalue weighted by Gasteiger charge is -2.11. The lowest BCUT2D eigenvalue weighted by molar-refractivity contribution is -0.112. The molecule has 5 aromatic rings. The molecule has 0 saturated carbocycles. The summed E-state index contributed by atoms with van der Waals surface area (Å²) < 4.78 is 38.6. The number of allylic oxidation sites excluding steroid dienone is 1. The van der Waals surface area contributed by atoms with Crippen LogP contribution in [0.2, 0.25) is 0 Å². The van der Waals surface area contributed by atoms with Crippen LogP contribution in [0.15, 0.2) is 60.8 Å². The Morgan fingerprint density at radius 3 is 2.54 bits per heavy atom. The molecular weight excluding hydrogens is 528 g/mol. The minimum absolute atomic E-state index is 0.0690. The molecule has 4 aromatic heterocycles. The number of rotatable bonds is 7. The molecule has 0 aliphatic rings. The second-order valence-corrected chi connectivity index (χ2v) is 9.00. The summed E-state index contributed by atoms with van der Waals surface area (Å²) in [6, 6.07) is 10.6. The van der Waals surface area contributed by atoms with E-state index in [0.717, 1.165) is 29.6 Å². The van der Waals surface area contributed by atoms with E-state index in [1.165, 1.54) is 13.2 Å². The predicted octanol–water partition coefficient (Wildman–Crippen LogP) is 5.45. The number of halogens is 3. The minimum atomic E-state index is -1.08. The topological polar surface area (TPSA) is 90.5 Å². The largest absolute Gasteiger partial charge is 0.480 e. The summed E-state index contributed by atoms with van der Waals surface area (Å²) in [6.07, 6.45) is 4.07. The van der Waals surface area contributed by atoms with Crippen LogP contribution in [0.5, 0.6) is 5.88 Å². The van der Waals surface area contributed by atoms with Gasteiger partial charge >= 0.3 is 0 Å². The van der Waals surface area contributed by atoms with Crippen molar-refractivity contribution in [3.8, 4) is 17.0 Å². The molecule has 0 saturated heterocycles. The number of aromatic nitrogens is 4. The second kappa shape index (κ2) is 10.3. The standard InChI is InChI=1S/C28H22ClF2N5O3/c1-15-32-21-14-18(28(39-3)34-27(21)35(15)2)17-6-5-11-36-22(17)8-9-23(36)26(38)16-12-19(30)25(20(31)13-16)33-24(37)7-4-10-29/h4-9,11-14H,10H2,1-3H3,(H,33,37)/b7-4+. The molecule has 0 aliphatic carbocycles. The van der Waals surface area contributed by atoms with Gasteiger partial charge in [-0.1, -0.05) is 12.1 Å². The highest BCUT2D eigenvalue weighted by molar-refractivity contribution is 6.19. The number of nitrogens with zero attached hydrogens (tertiary/aromatic N) is 4. The van der Waals surface area contributed by atoms with Crippen LogP contribution in [0.1, 0.15) is 21.9 Å². The van der Waals surface area contributed by atoms with Crippen LogP contribution in [-0.4, -0.2) is 43.6 Å². The number of ketones is 1. The first kappa shape index (κ1) is 26.1. The Kier molecular flexibility index (Phi) is 6.88. The number of hydrogen-bond acceptors (Lipinski definition) is 5. The Bertz CT molecular complexity index is 1790. The van der Waals surface area contributed by atoms with Gasteiger partial charge in [-0.25, -0.2) is 13.8 Å². The molecule has 198 valence electrons. The van der Waals surface area contributed by atoms with Crippen LogP contribution in [0, 0.1) is 18.6 Å². The maximum Gasteiger partial charge on any atom is 0.248 e. The van der Waals surface area contributed by atoms with Gasteiger partial charge in [0.15, 0.2) is 5.65 Å². The van der Waals surface area contributed by atoms with E-state index in [2.05, 4.69) is 15.3 Å². The zero-order valence-electron chi connectivity index (χ0n) is 21.1. The second-order valence-electron chi connectivity index (χ2n) is 8.69. The summed E-state index contributed by atoms with van der Waals surface area (Å²) in [5, 5.41) is 2.12. The maximum absolute atomic E-state index is 14.7. The van der Waals surface area contributed by atoms with Crippen LogP contribution < -0.4 is 10.1 Å². The molecule has 0 unspecified atom stereocenters.